The van der Waals surface area contributed by atoms with Crippen LogP contribution in [0.1, 0.15) is 11.3 Å². The summed E-state index contributed by atoms with van der Waals surface area (Å²) in [7, 11) is 1.41. The highest BCUT2D eigenvalue weighted by Gasteiger charge is 2.22. The Balaban J connectivity index is 1.53. The molecular formula is C27H19FN4O5. The Morgan fingerprint density at radius 1 is 1.08 bits per heavy atom. The fraction of sp³-hybridized carbons (Fsp3) is 0.111. The number of benzene rings is 3. The van der Waals surface area contributed by atoms with Crippen LogP contribution in [0.3, 0.4) is 0 Å². The van der Waals surface area contributed by atoms with Gasteiger partial charge < -0.3 is 24.1 Å². The molecule has 9 nitrogen and oxygen atoms in total. The zero-order valence-electron chi connectivity index (χ0n) is 19.7. The number of phenols is 1. The van der Waals surface area contributed by atoms with Crippen LogP contribution >= 0.6 is 0 Å². The van der Waals surface area contributed by atoms with Crippen molar-refractivity contribution >= 4 is 38.5 Å². The highest BCUT2D eigenvalue weighted by atomic mass is 19.1. The van der Waals surface area contributed by atoms with Gasteiger partial charge >= 0.3 is 11.6 Å². The molecule has 0 saturated heterocycles. The highest BCUT2D eigenvalue weighted by Crippen LogP contribution is 2.37. The van der Waals surface area contributed by atoms with Crippen molar-refractivity contribution in [2.24, 2.45) is 0 Å². The second-order valence-corrected chi connectivity index (χ2v) is 8.44. The standard InChI is InChI=1S/C27H19FN4O5/c1-13-23-22(26(34)36-24(13)17-11-15(33)10-14-6-5-8-18(28)21(14)17)25(31-27(30-23)35-2)29-12-19-16-7-3-4-9-20(16)37-32-19/h3-11,33H,12H2,1-2H3,(H,29,30,31). The maximum Gasteiger partial charge on any atom is 0.349 e. The minimum Gasteiger partial charge on any atom is -0.508 e. The number of aromatic hydroxyl groups is 1. The van der Waals surface area contributed by atoms with Crippen molar-refractivity contribution in [3.05, 3.63) is 82.1 Å². The average molecular weight is 498 g/mol. The average Bonchev–Trinajstić information content (AvgIpc) is 3.31. The molecule has 6 aromatic rings. The van der Waals surface area contributed by atoms with E-state index in [0.717, 1.165) is 5.39 Å². The zero-order chi connectivity index (χ0) is 25.7. The van der Waals surface area contributed by atoms with E-state index in [2.05, 4.69) is 20.4 Å². The number of rotatable bonds is 5. The summed E-state index contributed by atoms with van der Waals surface area (Å²) >= 11 is 0. The second-order valence-electron chi connectivity index (χ2n) is 8.44. The van der Waals surface area contributed by atoms with Crippen LogP contribution in [0.2, 0.25) is 0 Å². The predicted molar refractivity (Wildman–Crippen MR) is 135 cm³/mol. The Hall–Kier alpha value is -4.99. The van der Waals surface area contributed by atoms with Crippen molar-refractivity contribution in [3.63, 3.8) is 0 Å². The molecular weight excluding hydrogens is 479 g/mol. The summed E-state index contributed by atoms with van der Waals surface area (Å²) < 4.78 is 31.2. The number of aryl methyl sites for hydroxylation is 1. The van der Waals surface area contributed by atoms with Gasteiger partial charge in [0.2, 0.25) is 0 Å². The molecule has 6 rings (SSSR count). The molecule has 0 unspecified atom stereocenters. The van der Waals surface area contributed by atoms with Gasteiger partial charge in [0.15, 0.2) is 5.58 Å². The van der Waals surface area contributed by atoms with E-state index in [1.54, 1.807) is 19.1 Å². The summed E-state index contributed by atoms with van der Waals surface area (Å²) in [6.45, 7) is 1.90. The molecule has 184 valence electrons. The van der Waals surface area contributed by atoms with E-state index in [1.807, 2.05) is 24.3 Å². The molecule has 0 radical (unpaired) electrons. The number of halogens is 1. The van der Waals surface area contributed by atoms with Gasteiger partial charge in [0.05, 0.1) is 19.2 Å². The van der Waals surface area contributed by atoms with E-state index in [-0.39, 0.29) is 51.7 Å². The highest BCUT2D eigenvalue weighted by molar-refractivity contribution is 6.00. The Morgan fingerprint density at radius 2 is 1.92 bits per heavy atom. The Morgan fingerprint density at radius 3 is 2.76 bits per heavy atom. The SMILES string of the molecule is COc1nc(NCc2noc3ccccc23)c2c(=O)oc(-c3cc(O)cc4cccc(F)c34)c(C)c2n1. The first-order valence-electron chi connectivity index (χ1n) is 11.3. The number of hydrogen-bond donors (Lipinski definition) is 2. The number of para-hydroxylation sites is 1. The number of aromatic nitrogens is 3. The van der Waals surface area contributed by atoms with E-state index in [0.29, 0.717) is 22.2 Å². The first kappa shape index (κ1) is 22.5. The topological polar surface area (TPSA) is 124 Å². The molecule has 0 fully saturated rings. The summed E-state index contributed by atoms with van der Waals surface area (Å²) in [4.78, 5) is 22.0. The maximum atomic E-state index is 14.9. The lowest BCUT2D eigenvalue weighted by Crippen LogP contribution is -2.12. The van der Waals surface area contributed by atoms with Crippen molar-refractivity contribution in [1.29, 1.82) is 0 Å². The molecule has 0 bridgehead atoms. The van der Waals surface area contributed by atoms with E-state index in [9.17, 15) is 14.3 Å². The summed E-state index contributed by atoms with van der Waals surface area (Å²) in [6.07, 6.45) is 0. The van der Waals surface area contributed by atoms with E-state index >= 15 is 0 Å². The normalized spacial score (nSPS) is 11.4. The van der Waals surface area contributed by atoms with Crippen LogP contribution in [0.4, 0.5) is 10.2 Å². The van der Waals surface area contributed by atoms with Crippen LogP contribution in [0.15, 0.2) is 68.3 Å². The Labute approximate surface area is 208 Å². The molecule has 3 heterocycles. The summed E-state index contributed by atoms with van der Waals surface area (Å²) in [6, 6.07) is 14.7. The quantitative estimate of drug-likeness (QED) is 0.325. The maximum absolute atomic E-state index is 14.9. The fourth-order valence-electron chi connectivity index (χ4n) is 4.49. The van der Waals surface area contributed by atoms with Gasteiger partial charge in [-0.1, -0.05) is 29.4 Å². The van der Waals surface area contributed by atoms with Crippen LogP contribution in [-0.2, 0) is 6.54 Å². The summed E-state index contributed by atoms with van der Waals surface area (Å²) in [5.74, 6) is -0.350. The van der Waals surface area contributed by atoms with E-state index in [1.165, 1.54) is 25.3 Å². The number of nitrogens with one attached hydrogen (secondary N) is 1. The van der Waals surface area contributed by atoms with Gasteiger partial charge in [-0.25, -0.2) is 9.18 Å². The molecule has 0 aliphatic heterocycles. The van der Waals surface area contributed by atoms with Crippen molar-refractivity contribution in [1.82, 2.24) is 15.1 Å². The first-order chi connectivity index (χ1) is 17.9. The van der Waals surface area contributed by atoms with Gasteiger partial charge in [0.1, 0.15) is 34.2 Å². The molecule has 3 aromatic carbocycles. The third-order valence-electron chi connectivity index (χ3n) is 6.20. The molecule has 2 N–H and O–H groups in total. The molecule has 0 aliphatic rings. The lowest BCUT2D eigenvalue weighted by molar-refractivity contribution is 0.382. The summed E-state index contributed by atoms with van der Waals surface area (Å²) in [5.41, 5.74) is 1.46. The number of ether oxygens (including phenoxy) is 1. The number of hydrogen-bond acceptors (Lipinski definition) is 9. The minimum atomic E-state index is -0.737. The van der Waals surface area contributed by atoms with Gasteiger partial charge in [-0.3, -0.25) is 0 Å². The van der Waals surface area contributed by atoms with Crippen LogP contribution in [-0.4, -0.2) is 27.3 Å². The molecule has 0 aliphatic carbocycles. The van der Waals surface area contributed by atoms with Crippen molar-refractivity contribution in [3.8, 4) is 23.1 Å². The van der Waals surface area contributed by atoms with Crippen LogP contribution in [0, 0.1) is 12.7 Å². The number of phenolic OH excluding ortho intramolecular Hbond substituents is 1. The first-order valence-corrected chi connectivity index (χ1v) is 11.3. The van der Waals surface area contributed by atoms with Crippen molar-refractivity contribution in [2.75, 3.05) is 12.4 Å². The molecule has 37 heavy (non-hydrogen) atoms. The fourth-order valence-corrected chi connectivity index (χ4v) is 4.49. The summed E-state index contributed by atoms with van der Waals surface area (Å²) in [5, 5.41) is 19.1. The van der Waals surface area contributed by atoms with Gasteiger partial charge in [0, 0.05) is 21.9 Å². The van der Waals surface area contributed by atoms with Gasteiger partial charge in [-0.2, -0.15) is 9.97 Å². The lowest BCUT2D eigenvalue weighted by Gasteiger charge is -2.14. The third kappa shape index (κ3) is 3.70. The number of nitrogens with zero attached hydrogens (tertiary/aromatic N) is 3. The smallest absolute Gasteiger partial charge is 0.349 e. The zero-order valence-corrected chi connectivity index (χ0v) is 19.7. The molecule has 0 atom stereocenters. The second kappa shape index (κ2) is 8.59. The monoisotopic (exact) mass is 498 g/mol. The van der Waals surface area contributed by atoms with Crippen LogP contribution < -0.4 is 15.7 Å². The third-order valence-corrected chi connectivity index (χ3v) is 6.20. The molecule has 3 aromatic heterocycles. The lowest BCUT2D eigenvalue weighted by atomic mass is 9.98. The molecule has 0 saturated carbocycles. The predicted octanol–water partition coefficient (Wildman–Crippen LogP) is 5.32. The van der Waals surface area contributed by atoms with Gasteiger partial charge in [-0.05, 0) is 42.6 Å². The van der Waals surface area contributed by atoms with E-state index < -0.39 is 11.4 Å². The van der Waals surface area contributed by atoms with Crippen molar-refractivity contribution in [2.45, 2.75) is 13.5 Å². The largest absolute Gasteiger partial charge is 0.508 e. The molecule has 0 amide bonds. The Kier molecular flexibility index (Phi) is 5.22. The van der Waals surface area contributed by atoms with E-state index in [4.69, 9.17) is 13.7 Å². The number of methoxy groups -OCH3 is 1. The van der Waals surface area contributed by atoms with Crippen LogP contribution in [0.5, 0.6) is 11.8 Å². The van der Waals surface area contributed by atoms with Gasteiger partial charge in [0.25, 0.3) is 0 Å². The Bertz CT molecular complexity index is 1900. The number of fused-ring (bicyclic) bond motifs is 3. The minimum absolute atomic E-state index is 0.0200. The number of anilines is 1. The van der Waals surface area contributed by atoms with Gasteiger partial charge in [-0.15, -0.1) is 0 Å². The molecule has 0 spiro atoms. The molecule has 10 heteroatoms. The van der Waals surface area contributed by atoms with Crippen LogP contribution in [0.25, 0.3) is 44.0 Å². The van der Waals surface area contributed by atoms with Crippen molar-refractivity contribution < 1.29 is 23.2 Å².